The van der Waals surface area contributed by atoms with Crippen molar-refractivity contribution in [1.29, 1.82) is 0 Å². The molecule has 3 nitrogen and oxygen atoms in total. The van der Waals surface area contributed by atoms with E-state index in [-0.39, 0.29) is 5.91 Å². The van der Waals surface area contributed by atoms with Crippen molar-refractivity contribution in [2.45, 2.75) is 13.8 Å². The van der Waals surface area contributed by atoms with E-state index in [4.69, 9.17) is 4.74 Å². The van der Waals surface area contributed by atoms with Crippen LogP contribution in [0.5, 0.6) is 11.5 Å². The molecule has 2 aromatic carbocycles. The third-order valence-electron chi connectivity index (χ3n) is 3.06. The van der Waals surface area contributed by atoms with E-state index in [0.29, 0.717) is 17.1 Å². The van der Waals surface area contributed by atoms with Gasteiger partial charge in [-0.15, -0.1) is 0 Å². The molecule has 1 heterocycles. The molecular formula is C15H13NO2. The summed E-state index contributed by atoms with van der Waals surface area (Å²) < 4.78 is 5.83. The van der Waals surface area contributed by atoms with Crippen LogP contribution in [-0.2, 0) is 0 Å². The van der Waals surface area contributed by atoms with Crippen LogP contribution in [0.1, 0.15) is 21.5 Å². The number of amides is 1. The van der Waals surface area contributed by atoms with Crippen molar-refractivity contribution in [1.82, 2.24) is 0 Å². The maximum Gasteiger partial charge on any atom is 0.259 e. The fraction of sp³-hybridized carbons (Fsp3) is 0.133. The highest BCUT2D eigenvalue weighted by Gasteiger charge is 2.22. The average molecular weight is 239 g/mol. The number of hydrogen-bond donors (Lipinski definition) is 1. The monoisotopic (exact) mass is 239 g/mol. The molecule has 2 aromatic rings. The molecule has 0 saturated heterocycles. The molecule has 0 fully saturated rings. The normalized spacial score (nSPS) is 12.9. The van der Waals surface area contributed by atoms with Crippen LogP contribution in [0.4, 0.5) is 5.69 Å². The number of ether oxygens (including phenoxy) is 1. The first-order valence-corrected chi connectivity index (χ1v) is 5.84. The van der Waals surface area contributed by atoms with Crippen LogP contribution < -0.4 is 10.1 Å². The molecule has 0 saturated carbocycles. The van der Waals surface area contributed by atoms with Gasteiger partial charge in [0, 0.05) is 0 Å². The summed E-state index contributed by atoms with van der Waals surface area (Å²) in [4.78, 5) is 12.2. The topological polar surface area (TPSA) is 38.3 Å². The number of nitrogens with one attached hydrogen (secondary N) is 1. The first-order valence-electron chi connectivity index (χ1n) is 5.84. The molecule has 3 rings (SSSR count). The molecule has 0 spiro atoms. The second-order valence-corrected chi connectivity index (χ2v) is 4.50. The molecule has 1 N–H and O–H groups in total. The molecule has 90 valence electrons. The van der Waals surface area contributed by atoms with Crippen molar-refractivity contribution in [3.8, 4) is 11.5 Å². The summed E-state index contributed by atoms with van der Waals surface area (Å²) in [6.45, 7) is 3.89. The highest BCUT2D eigenvalue weighted by Crippen LogP contribution is 2.36. The Bertz CT molecular complexity index is 647. The quantitative estimate of drug-likeness (QED) is 0.761. The Kier molecular flexibility index (Phi) is 2.33. The Hall–Kier alpha value is -2.29. The van der Waals surface area contributed by atoms with Crippen LogP contribution in [0.25, 0.3) is 0 Å². The smallest absolute Gasteiger partial charge is 0.259 e. The standard InChI is InChI=1S/C15H13NO2/c1-9-6-7-12-11(8-9)16-15(17)14-10(2)4-3-5-13(14)18-12/h3-8H,1-2H3,(H,16,17). The van der Waals surface area contributed by atoms with Gasteiger partial charge in [0.1, 0.15) is 5.75 Å². The van der Waals surface area contributed by atoms with Crippen molar-refractivity contribution in [2.24, 2.45) is 0 Å². The summed E-state index contributed by atoms with van der Waals surface area (Å²) in [5.41, 5.74) is 3.32. The summed E-state index contributed by atoms with van der Waals surface area (Å²) in [5.74, 6) is 1.17. The fourth-order valence-electron chi connectivity index (χ4n) is 2.15. The van der Waals surface area contributed by atoms with Gasteiger partial charge in [-0.25, -0.2) is 0 Å². The molecule has 0 aromatic heterocycles. The molecule has 18 heavy (non-hydrogen) atoms. The van der Waals surface area contributed by atoms with Crippen LogP contribution >= 0.6 is 0 Å². The highest BCUT2D eigenvalue weighted by molar-refractivity contribution is 6.08. The minimum absolute atomic E-state index is 0.118. The van der Waals surface area contributed by atoms with E-state index in [1.54, 1.807) is 0 Å². The second-order valence-electron chi connectivity index (χ2n) is 4.50. The SMILES string of the molecule is Cc1ccc2c(c1)NC(=O)c1c(C)cccc1O2. The predicted octanol–water partition coefficient (Wildman–Crippen LogP) is 3.66. The lowest BCUT2D eigenvalue weighted by molar-refractivity contribution is 0.102. The van der Waals surface area contributed by atoms with Gasteiger partial charge in [0.25, 0.3) is 5.91 Å². The second kappa shape index (κ2) is 3.88. The minimum Gasteiger partial charge on any atom is -0.454 e. The van der Waals surface area contributed by atoms with E-state index in [0.717, 1.165) is 16.8 Å². The molecule has 0 unspecified atom stereocenters. The molecular weight excluding hydrogens is 226 g/mol. The van der Waals surface area contributed by atoms with Crippen molar-refractivity contribution in [2.75, 3.05) is 5.32 Å². The molecule has 0 aliphatic carbocycles. The van der Waals surface area contributed by atoms with Gasteiger partial charge in [0.15, 0.2) is 5.75 Å². The van der Waals surface area contributed by atoms with Crippen LogP contribution in [0, 0.1) is 13.8 Å². The molecule has 3 heteroatoms. The van der Waals surface area contributed by atoms with Crippen LogP contribution in [0.15, 0.2) is 36.4 Å². The van der Waals surface area contributed by atoms with E-state index in [1.165, 1.54) is 0 Å². The van der Waals surface area contributed by atoms with Gasteiger partial charge < -0.3 is 10.1 Å². The number of fused-ring (bicyclic) bond motifs is 2. The molecule has 0 atom stereocenters. The van der Waals surface area contributed by atoms with Crippen molar-refractivity contribution in [3.63, 3.8) is 0 Å². The molecule has 1 aliphatic rings. The van der Waals surface area contributed by atoms with E-state index in [9.17, 15) is 4.79 Å². The maximum atomic E-state index is 12.2. The van der Waals surface area contributed by atoms with E-state index in [2.05, 4.69) is 5.32 Å². The first-order chi connectivity index (χ1) is 8.65. The Balaban J connectivity index is 2.19. The number of rotatable bonds is 0. The zero-order valence-corrected chi connectivity index (χ0v) is 10.3. The number of carbonyl (C=O) groups is 1. The number of hydrogen-bond acceptors (Lipinski definition) is 2. The van der Waals surface area contributed by atoms with Gasteiger partial charge in [-0.1, -0.05) is 18.2 Å². The molecule has 1 aliphatic heterocycles. The largest absolute Gasteiger partial charge is 0.454 e. The number of carbonyl (C=O) groups excluding carboxylic acids is 1. The lowest BCUT2D eigenvalue weighted by Gasteiger charge is -2.08. The van der Waals surface area contributed by atoms with Crippen LogP contribution in [0.2, 0.25) is 0 Å². The van der Waals surface area contributed by atoms with Crippen molar-refractivity contribution >= 4 is 11.6 Å². The Labute approximate surface area is 105 Å². The highest BCUT2D eigenvalue weighted by atomic mass is 16.5. The van der Waals surface area contributed by atoms with Gasteiger partial charge in [-0.2, -0.15) is 0 Å². The number of anilines is 1. The van der Waals surface area contributed by atoms with Crippen molar-refractivity contribution in [3.05, 3.63) is 53.1 Å². The summed E-state index contributed by atoms with van der Waals surface area (Å²) in [7, 11) is 0. The lowest BCUT2D eigenvalue weighted by atomic mass is 10.1. The summed E-state index contributed by atoms with van der Waals surface area (Å²) in [6.07, 6.45) is 0. The lowest BCUT2D eigenvalue weighted by Crippen LogP contribution is -2.11. The maximum absolute atomic E-state index is 12.2. The zero-order valence-electron chi connectivity index (χ0n) is 10.3. The predicted molar refractivity (Wildman–Crippen MR) is 70.4 cm³/mol. The Morgan fingerprint density at radius 2 is 1.89 bits per heavy atom. The Morgan fingerprint density at radius 1 is 1.06 bits per heavy atom. The third-order valence-corrected chi connectivity index (χ3v) is 3.06. The van der Waals surface area contributed by atoms with Gasteiger partial charge in [-0.3, -0.25) is 4.79 Å². The average Bonchev–Trinajstić information content (AvgIpc) is 2.45. The van der Waals surface area contributed by atoms with Gasteiger partial charge >= 0.3 is 0 Å². The van der Waals surface area contributed by atoms with Gasteiger partial charge in [0.05, 0.1) is 11.3 Å². The van der Waals surface area contributed by atoms with E-state index >= 15 is 0 Å². The summed E-state index contributed by atoms with van der Waals surface area (Å²) in [6, 6.07) is 11.4. The fourth-order valence-corrected chi connectivity index (χ4v) is 2.15. The molecule has 1 amide bonds. The van der Waals surface area contributed by atoms with Crippen LogP contribution in [0.3, 0.4) is 0 Å². The van der Waals surface area contributed by atoms with E-state index < -0.39 is 0 Å². The van der Waals surface area contributed by atoms with Gasteiger partial charge in [0.2, 0.25) is 0 Å². The summed E-state index contributed by atoms with van der Waals surface area (Å²) >= 11 is 0. The summed E-state index contributed by atoms with van der Waals surface area (Å²) in [5, 5.41) is 2.90. The van der Waals surface area contributed by atoms with E-state index in [1.807, 2.05) is 50.2 Å². The number of aryl methyl sites for hydroxylation is 2. The third kappa shape index (κ3) is 1.64. The first kappa shape index (κ1) is 10.8. The minimum atomic E-state index is -0.118. The molecule has 0 bridgehead atoms. The van der Waals surface area contributed by atoms with Gasteiger partial charge in [-0.05, 0) is 43.2 Å². The number of benzene rings is 2. The zero-order chi connectivity index (χ0) is 12.7. The Morgan fingerprint density at radius 3 is 2.72 bits per heavy atom. The van der Waals surface area contributed by atoms with Crippen molar-refractivity contribution < 1.29 is 9.53 Å². The van der Waals surface area contributed by atoms with Crippen LogP contribution in [-0.4, -0.2) is 5.91 Å². The molecule has 0 radical (unpaired) electrons.